The Morgan fingerprint density at radius 3 is 3.06 bits per heavy atom. The summed E-state index contributed by atoms with van der Waals surface area (Å²) in [6.07, 6.45) is 0.733. The highest BCUT2D eigenvalue weighted by atomic mass is 16.5. The summed E-state index contributed by atoms with van der Waals surface area (Å²) in [5, 5.41) is 0. The Hall–Kier alpha value is -1.59. The Kier molecular flexibility index (Phi) is 2.31. The molecule has 1 fully saturated rings. The van der Waals surface area contributed by atoms with Crippen LogP contribution in [0.1, 0.15) is 12.3 Å². The zero-order valence-electron chi connectivity index (χ0n) is 9.60. The summed E-state index contributed by atoms with van der Waals surface area (Å²) in [7, 11) is 1.62. The molecule has 1 aliphatic rings. The summed E-state index contributed by atoms with van der Waals surface area (Å²) in [6.45, 7) is 1.11. The smallest absolute Gasteiger partial charge is 0.218 e. The molecule has 0 amide bonds. The maximum atomic E-state index is 6.20. The molecule has 1 atom stereocenters. The summed E-state index contributed by atoms with van der Waals surface area (Å²) < 4.78 is 16.1. The Morgan fingerprint density at radius 1 is 1.47 bits per heavy atom. The number of nitrogens with zero attached hydrogens (tertiary/aromatic N) is 1. The van der Waals surface area contributed by atoms with Gasteiger partial charge < -0.3 is 19.6 Å². The zero-order valence-corrected chi connectivity index (χ0v) is 9.60. The van der Waals surface area contributed by atoms with Gasteiger partial charge in [0.15, 0.2) is 5.58 Å². The van der Waals surface area contributed by atoms with Crippen LogP contribution in [0.5, 0.6) is 5.75 Å². The van der Waals surface area contributed by atoms with E-state index in [1.807, 2.05) is 18.2 Å². The Labute approximate surface area is 98.5 Å². The molecule has 90 valence electrons. The van der Waals surface area contributed by atoms with Crippen molar-refractivity contribution in [3.8, 4) is 5.75 Å². The van der Waals surface area contributed by atoms with Crippen LogP contribution in [0.25, 0.3) is 11.1 Å². The summed E-state index contributed by atoms with van der Waals surface area (Å²) in [5.74, 6) is 1.28. The van der Waals surface area contributed by atoms with E-state index in [1.54, 1.807) is 7.11 Å². The third-order valence-corrected chi connectivity index (χ3v) is 3.07. The van der Waals surface area contributed by atoms with E-state index in [-0.39, 0.29) is 0 Å². The van der Waals surface area contributed by atoms with Gasteiger partial charge in [0.2, 0.25) is 5.89 Å². The average Bonchev–Trinajstić information content (AvgIpc) is 2.94. The first kappa shape index (κ1) is 10.6. The lowest BCUT2D eigenvalue weighted by Crippen LogP contribution is -2.37. The number of benzene rings is 1. The molecular weight excluding hydrogens is 220 g/mol. The van der Waals surface area contributed by atoms with Gasteiger partial charge in [0, 0.05) is 12.7 Å². The fraction of sp³-hybridized carbons (Fsp3) is 0.417. The van der Waals surface area contributed by atoms with Crippen LogP contribution in [0, 0.1) is 0 Å². The molecule has 0 spiro atoms. The van der Waals surface area contributed by atoms with Crippen LogP contribution in [-0.4, -0.2) is 25.3 Å². The third-order valence-electron chi connectivity index (χ3n) is 3.07. The van der Waals surface area contributed by atoms with Crippen LogP contribution in [0.3, 0.4) is 0 Å². The number of rotatable bonds is 2. The van der Waals surface area contributed by atoms with Crippen LogP contribution in [-0.2, 0) is 10.3 Å². The van der Waals surface area contributed by atoms with E-state index in [4.69, 9.17) is 19.6 Å². The fourth-order valence-electron chi connectivity index (χ4n) is 1.99. The van der Waals surface area contributed by atoms with Crippen molar-refractivity contribution in [2.75, 3.05) is 20.3 Å². The van der Waals surface area contributed by atoms with Gasteiger partial charge in [-0.2, -0.15) is 0 Å². The highest BCUT2D eigenvalue weighted by Gasteiger charge is 2.37. The van der Waals surface area contributed by atoms with Gasteiger partial charge in [-0.1, -0.05) is 0 Å². The zero-order chi connectivity index (χ0) is 11.9. The quantitative estimate of drug-likeness (QED) is 0.850. The van der Waals surface area contributed by atoms with Gasteiger partial charge in [0.1, 0.15) is 16.8 Å². The topological polar surface area (TPSA) is 70.5 Å². The number of hydrogen-bond acceptors (Lipinski definition) is 5. The van der Waals surface area contributed by atoms with E-state index in [1.165, 1.54) is 0 Å². The molecule has 2 N–H and O–H groups in total. The number of methoxy groups -OCH3 is 1. The Morgan fingerprint density at radius 2 is 2.35 bits per heavy atom. The molecule has 2 heterocycles. The molecule has 5 nitrogen and oxygen atoms in total. The summed E-state index contributed by atoms with van der Waals surface area (Å²) in [6, 6.07) is 5.52. The molecule has 1 aromatic carbocycles. The van der Waals surface area contributed by atoms with Gasteiger partial charge in [-0.3, -0.25) is 0 Å². The van der Waals surface area contributed by atoms with E-state index in [9.17, 15) is 0 Å². The number of oxazole rings is 1. The van der Waals surface area contributed by atoms with Crippen molar-refractivity contribution >= 4 is 11.1 Å². The highest BCUT2D eigenvalue weighted by Crippen LogP contribution is 2.30. The molecule has 1 aromatic heterocycles. The molecule has 1 saturated heterocycles. The standard InChI is InChI=1S/C12H14N2O3/c1-15-8-2-3-9-10(6-8)17-11(14-9)12(13)4-5-16-7-12/h2-3,6H,4-5,7,13H2,1H3. The lowest BCUT2D eigenvalue weighted by molar-refractivity contribution is 0.170. The molecule has 17 heavy (non-hydrogen) atoms. The number of nitrogens with two attached hydrogens (primary N) is 1. The molecule has 0 bridgehead atoms. The number of aromatic nitrogens is 1. The highest BCUT2D eigenvalue weighted by molar-refractivity contribution is 5.74. The predicted octanol–water partition coefficient (Wildman–Crippen LogP) is 1.41. The minimum Gasteiger partial charge on any atom is -0.497 e. The van der Waals surface area contributed by atoms with E-state index >= 15 is 0 Å². The number of hydrogen-bond donors (Lipinski definition) is 1. The van der Waals surface area contributed by atoms with Crippen LogP contribution in [0.4, 0.5) is 0 Å². The molecule has 0 radical (unpaired) electrons. The summed E-state index contributed by atoms with van der Waals surface area (Å²) in [4.78, 5) is 4.41. The monoisotopic (exact) mass is 234 g/mol. The van der Waals surface area contributed by atoms with Crippen LogP contribution >= 0.6 is 0 Å². The summed E-state index contributed by atoms with van der Waals surface area (Å²) in [5.41, 5.74) is 7.09. The lowest BCUT2D eigenvalue weighted by Gasteiger charge is -2.16. The second-order valence-electron chi connectivity index (χ2n) is 4.31. The molecule has 5 heteroatoms. The maximum Gasteiger partial charge on any atom is 0.218 e. The molecule has 0 saturated carbocycles. The van der Waals surface area contributed by atoms with E-state index in [0.29, 0.717) is 24.7 Å². The maximum absolute atomic E-state index is 6.20. The Bertz CT molecular complexity index is 544. The van der Waals surface area contributed by atoms with Crippen molar-refractivity contribution in [3.05, 3.63) is 24.1 Å². The second-order valence-corrected chi connectivity index (χ2v) is 4.31. The SMILES string of the molecule is COc1ccc2nc(C3(N)CCOC3)oc2c1. The normalized spacial score (nSPS) is 24.4. The predicted molar refractivity (Wildman–Crippen MR) is 61.9 cm³/mol. The number of ether oxygens (including phenoxy) is 2. The molecule has 2 aromatic rings. The van der Waals surface area contributed by atoms with Gasteiger partial charge in [-0.05, 0) is 18.6 Å². The Balaban J connectivity index is 2.07. The van der Waals surface area contributed by atoms with Crippen LogP contribution < -0.4 is 10.5 Å². The second kappa shape index (κ2) is 3.72. The van der Waals surface area contributed by atoms with Crippen molar-refractivity contribution < 1.29 is 13.9 Å². The van der Waals surface area contributed by atoms with Crippen molar-refractivity contribution in [1.82, 2.24) is 4.98 Å². The number of fused-ring (bicyclic) bond motifs is 1. The van der Waals surface area contributed by atoms with Gasteiger partial charge in [0.05, 0.1) is 13.7 Å². The molecule has 3 rings (SSSR count). The summed E-state index contributed by atoms with van der Waals surface area (Å²) >= 11 is 0. The minimum atomic E-state index is -0.591. The minimum absolute atomic E-state index is 0.455. The van der Waals surface area contributed by atoms with Crippen molar-refractivity contribution in [2.45, 2.75) is 12.0 Å². The van der Waals surface area contributed by atoms with Gasteiger partial charge in [0.25, 0.3) is 0 Å². The van der Waals surface area contributed by atoms with Crippen LogP contribution in [0.2, 0.25) is 0 Å². The van der Waals surface area contributed by atoms with E-state index in [0.717, 1.165) is 17.7 Å². The first-order chi connectivity index (χ1) is 8.21. The van der Waals surface area contributed by atoms with Gasteiger partial charge in [-0.15, -0.1) is 0 Å². The van der Waals surface area contributed by atoms with Gasteiger partial charge >= 0.3 is 0 Å². The van der Waals surface area contributed by atoms with Crippen LogP contribution in [0.15, 0.2) is 22.6 Å². The van der Waals surface area contributed by atoms with Gasteiger partial charge in [-0.25, -0.2) is 4.98 Å². The first-order valence-electron chi connectivity index (χ1n) is 5.53. The van der Waals surface area contributed by atoms with Crippen molar-refractivity contribution in [2.24, 2.45) is 5.73 Å². The molecule has 1 unspecified atom stereocenters. The first-order valence-corrected chi connectivity index (χ1v) is 5.53. The van der Waals surface area contributed by atoms with Crippen molar-refractivity contribution in [1.29, 1.82) is 0 Å². The molecule has 0 aliphatic carbocycles. The van der Waals surface area contributed by atoms with E-state index in [2.05, 4.69) is 4.98 Å². The van der Waals surface area contributed by atoms with Crippen molar-refractivity contribution in [3.63, 3.8) is 0 Å². The lowest BCUT2D eigenvalue weighted by atomic mass is 10.0. The largest absolute Gasteiger partial charge is 0.497 e. The molecular formula is C12H14N2O3. The third kappa shape index (κ3) is 1.67. The van der Waals surface area contributed by atoms with E-state index < -0.39 is 5.54 Å². The average molecular weight is 234 g/mol. The fourth-order valence-corrected chi connectivity index (χ4v) is 1.99. The molecule has 1 aliphatic heterocycles.